The molecule has 3 atom stereocenters. The number of aliphatic hydroxyl groups excluding tert-OH is 1. The molecular formula is C34H38N4O6. The summed E-state index contributed by atoms with van der Waals surface area (Å²) in [6.07, 6.45) is -0.408. The maximum absolute atomic E-state index is 14.5. The molecule has 2 aliphatic heterocycles. The Morgan fingerprint density at radius 1 is 1.09 bits per heavy atom. The van der Waals surface area contributed by atoms with Crippen molar-refractivity contribution < 1.29 is 28.9 Å². The highest BCUT2D eigenvalue weighted by molar-refractivity contribution is 6.10. The fourth-order valence-corrected chi connectivity index (χ4v) is 6.07. The molecule has 4 aromatic rings. The Hall–Kier alpha value is -4.54. The molecule has 1 aromatic heterocycles. The number of urea groups is 1. The van der Waals surface area contributed by atoms with Crippen LogP contribution in [-0.2, 0) is 18.4 Å². The maximum Gasteiger partial charge on any atom is 0.321 e. The zero-order valence-electron chi connectivity index (χ0n) is 25.4. The number of amides is 3. The van der Waals surface area contributed by atoms with Crippen LogP contribution >= 0.6 is 0 Å². The van der Waals surface area contributed by atoms with Crippen LogP contribution in [0.5, 0.6) is 11.5 Å². The number of rotatable bonds is 5. The van der Waals surface area contributed by atoms with Gasteiger partial charge in [0.1, 0.15) is 5.69 Å². The summed E-state index contributed by atoms with van der Waals surface area (Å²) in [7, 11) is 3.64. The Kier molecular flexibility index (Phi) is 8.20. The van der Waals surface area contributed by atoms with Crippen LogP contribution in [0.25, 0.3) is 22.0 Å². The van der Waals surface area contributed by atoms with Crippen LogP contribution < -0.4 is 14.8 Å². The lowest BCUT2D eigenvalue weighted by Crippen LogP contribution is -2.48. The van der Waals surface area contributed by atoms with Crippen molar-refractivity contribution in [1.29, 1.82) is 0 Å². The van der Waals surface area contributed by atoms with E-state index in [4.69, 9.17) is 14.2 Å². The first-order valence-corrected chi connectivity index (χ1v) is 14.9. The van der Waals surface area contributed by atoms with E-state index in [1.54, 1.807) is 35.0 Å². The van der Waals surface area contributed by atoms with E-state index in [2.05, 4.69) is 5.32 Å². The largest absolute Gasteiger partial charge is 0.454 e. The second-order valence-electron chi connectivity index (χ2n) is 11.7. The van der Waals surface area contributed by atoms with Crippen LogP contribution in [0.4, 0.5) is 10.5 Å². The van der Waals surface area contributed by atoms with Gasteiger partial charge >= 0.3 is 6.03 Å². The number of nitrogens with one attached hydrogen (secondary N) is 1. The summed E-state index contributed by atoms with van der Waals surface area (Å²) in [6, 6.07) is 20.5. The van der Waals surface area contributed by atoms with E-state index in [-0.39, 0.29) is 37.8 Å². The van der Waals surface area contributed by atoms with E-state index in [0.717, 1.165) is 27.6 Å². The van der Waals surface area contributed by atoms with Gasteiger partial charge in [0.25, 0.3) is 5.91 Å². The monoisotopic (exact) mass is 598 g/mol. The number of para-hydroxylation sites is 1. The van der Waals surface area contributed by atoms with Crippen molar-refractivity contribution in [2.75, 3.05) is 38.9 Å². The van der Waals surface area contributed by atoms with Crippen LogP contribution in [0.2, 0.25) is 0 Å². The minimum absolute atomic E-state index is 0.155. The van der Waals surface area contributed by atoms with E-state index in [0.29, 0.717) is 36.0 Å². The first-order chi connectivity index (χ1) is 21.3. The molecule has 0 spiro atoms. The fourth-order valence-electron chi connectivity index (χ4n) is 6.07. The highest BCUT2D eigenvalue weighted by atomic mass is 16.7. The minimum Gasteiger partial charge on any atom is -0.454 e. The molecule has 10 heteroatoms. The van der Waals surface area contributed by atoms with Gasteiger partial charge < -0.3 is 39.0 Å². The molecule has 0 saturated carbocycles. The number of aromatic nitrogens is 1. The number of carbonyl (C=O) groups is 2. The molecule has 3 aromatic carbocycles. The molecule has 3 amide bonds. The van der Waals surface area contributed by atoms with Crippen LogP contribution in [0, 0.1) is 5.92 Å². The summed E-state index contributed by atoms with van der Waals surface area (Å²) >= 11 is 0. The zero-order chi connectivity index (χ0) is 31.0. The predicted octanol–water partition coefficient (Wildman–Crippen LogP) is 5.10. The topological polar surface area (TPSA) is 106 Å². The second kappa shape index (κ2) is 12.2. The number of hydrogen-bond acceptors (Lipinski definition) is 6. The molecule has 0 radical (unpaired) electrons. The lowest BCUT2D eigenvalue weighted by molar-refractivity contribution is -0.0179. The van der Waals surface area contributed by atoms with Crippen LogP contribution in [0.1, 0.15) is 29.9 Å². The third-order valence-corrected chi connectivity index (χ3v) is 8.65. The predicted molar refractivity (Wildman–Crippen MR) is 168 cm³/mol. The van der Waals surface area contributed by atoms with E-state index >= 15 is 0 Å². The van der Waals surface area contributed by atoms with Crippen molar-refractivity contribution in [3.63, 3.8) is 0 Å². The second-order valence-corrected chi connectivity index (χ2v) is 11.7. The molecule has 10 nitrogen and oxygen atoms in total. The quantitative estimate of drug-likeness (QED) is 0.332. The number of hydrogen-bond donors (Lipinski definition) is 2. The Morgan fingerprint density at radius 3 is 2.66 bits per heavy atom. The fraction of sp³-hybridized carbons (Fsp3) is 0.353. The minimum atomic E-state index is -0.431. The molecule has 0 unspecified atom stereocenters. The number of nitrogens with zero attached hydrogens (tertiary/aromatic N) is 3. The molecular weight excluding hydrogens is 560 g/mol. The molecule has 0 saturated heterocycles. The standard InChI is InChI=1S/C34H38N4O6/c1-21-16-38(22(2)18-39)33(40)32-31(26-11-7-8-12-27(26)37(32)4)25-10-6-5-9-23(25)19-42-30(21)17-36(3)34(41)35-24-13-14-28-29(15-24)44-20-43-28/h5-15,21-22,30,39H,16-20H2,1-4H3,(H,35,41)/t21-,22+,30+/m0/s1. The van der Waals surface area contributed by atoms with Crippen LogP contribution in [0.3, 0.4) is 0 Å². The van der Waals surface area contributed by atoms with Crippen molar-refractivity contribution in [2.45, 2.75) is 32.6 Å². The molecule has 0 aliphatic carbocycles. The third-order valence-electron chi connectivity index (χ3n) is 8.65. The van der Waals surface area contributed by atoms with Crippen molar-refractivity contribution in [2.24, 2.45) is 13.0 Å². The number of benzene rings is 3. The summed E-state index contributed by atoms with van der Waals surface area (Å²) in [6.45, 7) is 4.76. The van der Waals surface area contributed by atoms with Gasteiger partial charge in [-0.25, -0.2) is 4.79 Å². The van der Waals surface area contributed by atoms with Crippen LogP contribution in [0.15, 0.2) is 66.7 Å². The summed E-state index contributed by atoms with van der Waals surface area (Å²) in [4.78, 5) is 31.1. The number of fused-ring (bicyclic) bond motifs is 6. The normalized spacial score (nSPS) is 18.8. The van der Waals surface area contributed by atoms with Gasteiger partial charge in [0, 0.05) is 61.3 Å². The summed E-state index contributed by atoms with van der Waals surface area (Å²) in [5, 5.41) is 14.1. The lowest BCUT2D eigenvalue weighted by atomic mass is 9.96. The molecule has 44 heavy (non-hydrogen) atoms. The number of carbonyl (C=O) groups excluding carboxylic acids is 2. The Balaban J connectivity index is 1.33. The number of anilines is 1. The number of aryl methyl sites for hydroxylation is 1. The number of likely N-dealkylation sites (N-methyl/N-ethyl adjacent to an activating group) is 1. The first kappa shape index (κ1) is 29.5. The molecule has 0 fully saturated rings. The Labute approximate surface area is 256 Å². The average molecular weight is 599 g/mol. The molecule has 2 N–H and O–H groups in total. The SMILES string of the molecule is C[C@H](CO)N1C[C@H](C)[C@@H](CN(C)C(=O)Nc2ccc3c(c2)OCO3)OCc2ccccc2-c2c(n(C)c3ccccc23)C1=O. The van der Waals surface area contributed by atoms with Crippen molar-refractivity contribution >= 4 is 28.5 Å². The third kappa shape index (κ3) is 5.46. The molecule has 6 rings (SSSR count). The first-order valence-electron chi connectivity index (χ1n) is 14.9. The van der Waals surface area contributed by atoms with Gasteiger partial charge in [0.05, 0.1) is 25.4 Å². The van der Waals surface area contributed by atoms with E-state index in [1.807, 2.05) is 74.0 Å². The molecule has 3 heterocycles. The summed E-state index contributed by atoms with van der Waals surface area (Å²) in [5.74, 6) is 0.900. The highest BCUT2D eigenvalue weighted by Gasteiger charge is 2.34. The molecule has 0 bridgehead atoms. The van der Waals surface area contributed by atoms with E-state index < -0.39 is 12.1 Å². The van der Waals surface area contributed by atoms with E-state index in [9.17, 15) is 14.7 Å². The summed E-state index contributed by atoms with van der Waals surface area (Å²) < 4.78 is 19.4. The van der Waals surface area contributed by atoms with Gasteiger partial charge in [0.15, 0.2) is 11.5 Å². The number of ether oxygens (including phenoxy) is 3. The van der Waals surface area contributed by atoms with Gasteiger partial charge in [-0.3, -0.25) is 4.79 Å². The van der Waals surface area contributed by atoms with Gasteiger partial charge in [-0.15, -0.1) is 0 Å². The average Bonchev–Trinajstić information content (AvgIpc) is 3.62. The zero-order valence-corrected chi connectivity index (χ0v) is 25.4. The number of aliphatic hydroxyl groups is 1. The van der Waals surface area contributed by atoms with Crippen molar-refractivity contribution in [1.82, 2.24) is 14.4 Å². The van der Waals surface area contributed by atoms with Crippen molar-refractivity contribution in [3.05, 3.63) is 78.0 Å². The van der Waals surface area contributed by atoms with Crippen molar-refractivity contribution in [3.8, 4) is 22.6 Å². The van der Waals surface area contributed by atoms with Gasteiger partial charge in [0.2, 0.25) is 6.79 Å². The highest BCUT2D eigenvalue weighted by Crippen LogP contribution is 2.38. The Bertz CT molecular complexity index is 1700. The van der Waals surface area contributed by atoms with Crippen LogP contribution in [-0.4, -0.2) is 77.1 Å². The lowest BCUT2D eigenvalue weighted by Gasteiger charge is -2.35. The van der Waals surface area contributed by atoms with Gasteiger partial charge in [-0.2, -0.15) is 0 Å². The smallest absolute Gasteiger partial charge is 0.321 e. The Morgan fingerprint density at radius 2 is 1.84 bits per heavy atom. The molecule has 230 valence electrons. The summed E-state index contributed by atoms with van der Waals surface area (Å²) in [5.41, 5.74) is 4.85. The molecule has 2 aliphatic rings. The maximum atomic E-state index is 14.5. The van der Waals surface area contributed by atoms with Gasteiger partial charge in [-0.05, 0) is 36.2 Å². The van der Waals surface area contributed by atoms with Gasteiger partial charge in [-0.1, -0.05) is 49.4 Å². The van der Waals surface area contributed by atoms with E-state index in [1.165, 1.54) is 0 Å².